The molecule has 1 saturated heterocycles. The number of benzene rings is 2. The number of nitrogens with zero attached hydrogens (tertiary/aromatic N) is 3. The molecule has 3 amide bonds. The van der Waals surface area contributed by atoms with Gasteiger partial charge in [-0.2, -0.15) is 17.5 Å². The fourth-order valence-corrected chi connectivity index (χ4v) is 5.58. The number of anilines is 2. The predicted molar refractivity (Wildman–Crippen MR) is 142 cm³/mol. The molecule has 41 heavy (non-hydrogen) atoms. The Morgan fingerprint density at radius 3 is 2.49 bits per heavy atom. The largest absolute Gasteiger partial charge is 0.465 e. The van der Waals surface area contributed by atoms with Crippen LogP contribution in [0, 0.1) is 0 Å². The van der Waals surface area contributed by atoms with E-state index < -0.39 is 69.7 Å². The minimum Gasteiger partial charge on any atom is -0.465 e. The molecular weight excluding hydrogens is 599 g/mol. The number of carbonyl (C=O) groups excluding carboxylic acids is 2. The van der Waals surface area contributed by atoms with E-state index >= 15 is 0 Å². The molecule has 2 N–H and O–H groups in total. The van der Waals surface area contributed by atoms with Crippen LogP contribution in [0.3, 0.4) is 0 Å². The Kier molecular flexibility index (Phi) is 9.53. The Balaban J connectivity index is 1.96. The highest BCUT2D eigenvalue weighted by Crippen LogP contribution is 2.40. The van der Waals surface area contributed by atoms with Crippen LogP contribution in [-0.4, -0.2) is 71.0 Å². The number of hydrogen-bond donors (Lipinski definition) is 2. The molecule has 1 fully saturated rings. The summed E-state index contributed by atoms with van der Waals surface area (Å²) < 4.78 is 85.5. The quantitative estimate of drug-likeness (QED) is 0.391. The Bertz CT molecular complexity index is 1480. The van der Waals surface area contributed by atoms with Crippen LogP contribution >= 0.6 is 11.6 Å². The summed E-state index contributed by atoms with van der Waals surface area (Å²) in [5, 5.41) is 10.6. The van der Waals surface area contributed by atoms with Crippen molar-refractivity contribution < 1.29 is 45.7 Å². The molecule has 3 rings (SSSR count). The van der Waals surface area contributed by atoms with E-state index in [1.54, 1.807) is 0 Å². The van der Waals surface area contributed by atoms with E-state index in [4.69, 9.17) is 16.7 Å². The molecule has 9 nitrogen and oxygen atoms in total. The second-order valence-electron chi connectivity index (χ2n) is 9.45. The van der Waals surface area contributed by atoms with Crippen molar-refractivity contribution in [3.05, 3.63) is 52.5 Å². The van der Waals surface area contributed by atoms with Crippen LogP contribution in [0.15, 0.2) is 45.7 Å². The summed E-state index contributed by atoms with van der Waals surface area (Å²) >= 11 is 5.88. The van der Waals surface area contributed by atoms with Gasteiger partial charge >= 0.3 is 12.3 Å². The maximum atomic E-state index is 14.0. The van der Waals surface area contributed by atoms with Gasteiger partial charge in [0.2, 0.25) is 5.92 Å². The molecule has 0 bridgehead atoms. The first-order chi connectivity index (χ1) is 18.9. The number of rotatable bonds is 6. The number of carboxylic acid groups (broad SMARTS) is 1. The van der Waals surface area contributed by atoms with Crippen molar-refractivity contribution in [2.45, 2.75) is 36.3 Å². The molecule has 1 unspecified atom stereocenters. The van der Waals surface area contributed by atoms with Crippen molar-refractivity contribution in [2.75, 3.05) is 43.2 Å². The van der Waals surface area contributed by atoms with Crippen LogP contribution in [0.25, 0.3) is 0 Å². The van der Waals surface area contributed by atoms with Crippen LogP contribution in [0.4, 0.5) is 38.1 Å². The lowest BCUT2D eigenvalue weighted by Crippen LogP contribution is -2.30. The summed E-state index contributed by atoms with van der Waals surface area (Å²) in [6.45, 7) is -0.961. The molecule has 1 aliphatic heterocycles. The van der Waals surface area contributed by atoms with Crippen LogP contribution in [0.2, 0.25) is 5.02 Å². The van der Waals surface area contributed by atoms with Gasteiger partial charge in [0, 0.05) is 49.8 Å². The first-order valence-corrected chi connectivity index (χ1v) is 14.3. The second kappa shape index (κ2) is 12.2. The summed E-state index contributed by atoms with van der Waals surface area (Å²) in [7, 11) is -2.27. The average Bonchev–Trinajstić information content (AvgIpc) is 3.03. The van der Waals surface area contributed by atoms with Gasteiger partial charge in [-0.3, -0.25) is 9.59 Å². The van der Waals surface area contributed by atoms with Gasteiger partial charge in [-0.1, -0.05) is 17.7 Å². The van der Waals surface area contributed by atoms with E-state index in [-0.39, 0.29) is 41.3 Å². The Hall–Kier alpha value is -3.46. The number of nitrogens with one attached hydrogen (secondary N) is 1. The van der Waals surface area contributed by atoms with Gasteiger partial charge in [-0.05, 0) is 36.8 Å². The third-order valence-electron chi connectivity index (χ3n) is 6.20. The SMILES string of the molecule is CN(CC(=O)N=S(C)(=O)c1cccc(NC(=O)c2cc(Cl)c(C(F)(F)F)cc2N2CCCC(F)(F)CC2)c1)C(=O)O. The number of carbonyl (C=O) groups is 3. The molecule has 0 saturated carbocycles. The summed E-state index contributed by atoms with van der Waals surface area (Å²) in [5.74, 6) is -4.88. The van der Waals surface area contributed by atoms with Crippen molar-refractivity contribution in [2.24, 2.45) is 4.36 Å². The lowest BCUT2D eigenvalue weighted by Gasteiger charge is -2.27. The van der Waals surface area contributed by atoms with Crippen LogP contribution in [-0.2, 0) is 20.7 Å². The van der Waals surface area contributed by atoms with Crippen molar-refractivity contribution in [1.82, 2.24) is 4.90 Å². The van der Waals surface area contributed by atoms with Crippen molar-refractivity contribution >= 4 is 50.6 Å². The van der Waals surface area contributed by atoms with Gasteiger partial charge in [0.05, 0.1) is 31.6 Å². The summed E-state index contributed by atoms with van der Waals surface area (Å²) in [6.07, 6.45) is -6.21. The molecule has 2 aromatic rings. The van der Waals surface area contributed by atoms with Crippen LogP contribution in [0.5, 0.6) is 0 Å². The minimum atomic E-state index is -4.87. The minimum absolute atomic E-state index is 0.00190. The highest BCUT2D eigenvalue weighted by atomic mass is 35.5. The number of halogens is 6. The highest BCUT2D eigenvalue weighted by molar-refractivity contribution is 7.93. The monoisotopic (exact) mass is 624 g/mol. The summed E-state index contributed by atoms with van der Waals surface area (Å²) in [4.78, 5) is 38.3. The highest BCUT2D eigenvalue weighted by Gasteiger charge is 2.37. The molecule has 0 aliphatic carbocycles. The van der Waals surface area contributed by atoms with Gasteiger partial charge in [-0.25, -0.2) is 17.8 Å². The first-order valence-electron chi connectivity index (χ1n) is 12.0. The van der Waals surface area contributed by atoms with E-state index in [1.807, 2.05) is 0 Å². The molecule has 16 heteroatoms. The Morgan fingerprint density at radius 2 is 1.85 bits per heavy atom. The van der Waals surface area contributed by atoms with Crippen LogP contribution < -0.4 is 10.2 Å². The van der Waals surface area contributed by atoms with E-state index in [0.29, 0.717) is 11.0 Å². The zero-order valence-corrected chi connectivity index (χ0v) is 23.4. The van der Waals surface area contributed by atoms with E-state index in [1.165, 1.54) is 29.2 Å². The van der Waals surface area contributed by atoms with Gasteiger partial charge < -0.3 is 20.2 Å². The fraction of sp³-hybridized carbons (Fsp3) is 0.400. The Labute approximate surface area is 237 Å². The van der Waals surface area contributed by atoms with Crippen molar-refractivity contribution in [3.63, 3.8) is 0 Å². The number of alkyl halides is 5. The molecule has 1 heterocycles. The lowest BCUT2D eigenvalue weighted by molar-refractivity contribution is -0.137. The van der Waals surface area contributed by atoms with E-state index in [9.17, 15) is 40.5 Å². The van der Waals surface area contributed by atoms with Gasteiger partial charge in [0.1, 0.15) is 6.54 Å². The standard InChI is InChI=1S/C25H26ClF5N4O5S/c1-34(23(38)39)14-21(36)33-41(2,40)16-6-3-5-15(11-16)32-22(37)17-12-19(26)18(25(29,30)31)13-20(17)35-9-4-7-24(27,28)8-10-35/h3,5-6,11-13H,4,7-10,14H2,1-2H3,(H,32,37)(H,38,39). The smallest absolute Gasteiger partial charge is 0.417 e. The molecule has 0 spiro atoms. The third-order valence-corrected chi connectivity index (χ3v) is 8.19. The van der Waals surface area contributed by atoms with Crippen LogP contribution in [0.1, 0.15) is 35.2 Å². The normalized spacial score (nSPS) is 16.7. The fourth-order valence-electron chi connectivity index (χ4n) is 4.08. The molecule has 0 radical (unpaired) electrons. The van der Waals surface area contributed by atoms with E-state index in [2.05, 4.69) is 9.68 Å². The molecule has 2 aromatic carbocycles. The molecule has 224 valence electrons. The summed E-state index contributed by atoms with van der Waals surface area (Å²) in [5.41, 5.74) is -1.71. The molecular formula is C25H26ClF5N4O5S. The van der Waals surface area contributed by atoms with Gasteiger partial charge in [0.25, 0.3) is 11.8 Å². The van der Waals surface area contributed by atoms with Crippen molar-refractivity contribution in [1.29, 1.82) is 0 Å². The zero-order chi connectivity index (χ0) is 30.8. The lowest BCUT2D eigenvalue weighted by atomic mass is 10.1. The average molecular weight is 625 g/mol. The first kappa shape index (κ1) is 32.1. The van der Waals surface area contributed by atoms with E-state index in [0.717, 1.165) is 19.4 Å². The Morgan fingerprint density at radius 1 is 1.17 bits per heavy atom. The van der Waals surface area contributed by atoms with Gasteiger partial charge in [0.15, 0.2) is 0 Å². The predicted octanol–water partition coefficient (Wildman–Crippen LogP) is 5.83. The maximum absolute atomic E-state index is 14.0. The number of likely N-dealkylation sites (N-methyl/N-ethyl adjacent to an activating group) is 1. The number of amides is 3. The topological polar surface area (TPSA) is 119 Å². The second-order valence-corrected chi connectivity index (χ2v) is 12.1. The van der Waals surface area contributed by atoms with Crippen molar-refractivity contribution in [3.8, 4) is 0 Å². The third kappa shape index (κ3) is 8.28. The summed E-state index contributed by atoms with van der Waals surface area (Å²) in [6, 6.07) is 6.83. The number of hydrogen-bond acceptors (Lipinski definition) is 5. The zero-order valence-electron chi connectivity index (χ0n) is 21.8. The molecule has 1 aliphatic rings. The van der Waals surface area contributed by atoms with Gasteiger partial charge in [-0.15, -0.1) is 0 Å². The molecule has 1 atom stereocenters. The maximum Gasteiger partial charge on any atom is 0.417 e. The molecule has 0 aromatic heterocycles.